The van der Waals surface area contributed by atoms with Gasteiger partial charge >= 0.3 is 0 Å². The van der Waals surface area contributed by atoms with Crippen molar-refractivity contribution in [2.45, 2.75) is 0 Å². The number of nitro groups is 1. The van der Waals surface area contributed by atoms with Gasteiger partial charge in [-0.05, 0) is 61.7 Å². The molecule has 0 spiro atoms. The second kappa shape index (κ2) is 9.07. The van der Waals surface area contributed by atoms with Gasteiger partial charge in [0.05, 0.1) is 23.4 Å². The van der Waals surface area contributed by atoms with Crippen molar-refractivity contribution in [1.29, 1.82) is 0 Å². The molecule has 0 aromatic heterocycles. The first-order chi connectivity index (χ1) is 11.9. The topological polar surface area (TPSA) is 96.6 Å². The highest BCUT2D eigenvalue weighted by molar-refractivity contribution is 9.11. The fraction of sp³-hybridized carbons (Fsp3) is 0.0667. The third kappa shape index (κ3) is 5.91. The number of non-ortho nitro benzene ring substituents is 1. The first kappa shape index (κ1) is 19.5. The maximum atomic E-state index is 11.8. The number of halogens is 3. The molecule has 0 bridgehead atoms. The van der Waals surface area contributed by atoms with E-state index in [0.717, 1.165) is 19.1 Å². The molecule has 25 heavy (non-hydrogen) atoms. The molecule has 0 heterocycles. The number of carbonyl (C=O) groups is 1. The molecular formula is C15H11Br3N4O3. The van der Waals surface area contributed by atoms with E-state index in [2.05, 4.69) is 63.6 Å². The molecule has 10 heteroatoms. The van der Waals surface area contributed by atoms with Gasteiger partial charge < -0.3 is 5.32 Å². The normalized spacial score (nSPS) is 10.7. The van der Waals surface area contributed by atoms with Crippen LogP contribution in [0.25, 0.3) is 0 Å². The summed E-state index contributed by atoms with van der Waals surface area (Å²) in [4.78, 5) is 21.9. The van der Waals surface area contributed by atoms with E-state index in [1.807, 2.05) is 12.1 Å². The standard InChI is InChI=1S/C15H11Br3N4O3/c16-10-5-12(17)15(13(18)6-10)19-8-14(23)21-20-7-9-1-3-11(4-2-9)22(24)25/h1-7,19H,8H2,(H,21,23). The van der Waals surface area contributed by atoms with Crippen molar-refractivity contribution in [3.05, 3.63) is 65.5 Å². The Morgan fingerprint density at radius 2 is 1.76 bits per heavy atom. The fourth-order valence-electron chi connectivity index (χ4n) is 1.78. The first-order valence-corrected chi connectivity index (χ1v) is 9.19. The van der Waals surface area contributed by atoms with Crippen molar-refractivity contribution in [1.82, 2.24) is 5.43 Å². The molecule has 1 amide bonds. The van der Waals surface area contributed by atoms with Crippen LogP contribution in [-0.4, -0.2) is 23.6 Å². The summed E-state index contributed by atoms with van der Waals surface area (Å²) in [5.74, 6) is -0.333. The number of anilines is 1. The van der Waals surface area contributed by atoms with E-state index in [4.69, 9.17) is 0 Å². The van der Waals surface area contributed by atoms with Crippen molar-refractivity contribution < 1.29 is 9.72 Å². The van der Waals surface area contributed by atoms with Crippen molar-refractivity contribution >= 4 is 71.3 Å². The average molecular weight is 535 g/mol. The molecule has 0 saturated heterocycles. The van der Waals surface area contributed by atoms with Gasteiger partial charge in [0.25, 0.3) is 11.6 Å². The van der Waals surface area contributed by atoms with E-state index in [9.17, 15) is 14.9 Å². The Hall–Kier alpha value is -1.78. The van der Waals surface area contributed by atoms with Gasteiger partial charge in [0.1, 0.15) is 0 Å². The largest absolute Gasteiger partial charge is 0.374 e. The molecule has 0 aliphatic rings. The maximum Gasteiger partial charge on any atom is 0.269 e. The van der Waals surface area contributed by atoms with Crippen LogP contribution in [0.1, 0.15) is 5.56 Å². The summed E-state index contributed by atoms with van der Waals surface area (Å²) >= 11 is 10.2. The molecule has 7 nitrogen and oxygen atoms in total. The molecule has 2 rings (SSSR count). The number of benzene rings is 2. The summed E-state index contributed by atoms with van der Waals surface area (Å²) in [6.45, 7) is 0.0242. The van der Waals surface area contributed by atoms with Gasteiger partial charge in [-0.2, -0.15) is 5.10 Å². The number of nitro benzene ring substituents is 1. The number of nitrogens with zero attached hydrogens (tertiary/aromatic N) is 2. The van der Waals surface area contributed by atoms with E-state index < -0.39 is 4.92 Å². The van der Waals surface area contributed by atoms with E-state index in [1.165, 1.54) is 18.3 Å². The Labute approximate surface area is 168 Å². The van der Waals surface area contributed by atoms with Crippen LogP contribution in [0.15, 0.2) is 54.9 Å². The lowest BCUT2D eigenvalue weighted by Gasteiger charge is -2.10. The quantitative estimate of drug-likeness (QED) is 0.325. The monoisotopic (exact) mass is 532 g/mol. The van der Waals surface area contributed by atoms with Crippen LogP contribution in [0, 0.1) is 10.1 Å². The van der Waals surface area contributed by atoms with Crippen LogP contribution in [0.2, 0.25) is 0 Å². The van der Waals surface area contributed by atoms with Gasteiger partial charge in [-0.3, -0.25) is 14.9 Å². The highest BCUT2D eigenvalue weighted by Crippen LogP contribution is 2.34. The molecule has 0 saturated carbocycles. The Balaban J connectivity index is 1.87. The smallest absolute Gasteiger partial charge is 0.269 e. The lowest BCUT2D eigenvalue weighted by atomic mass is 10.2. The lowest BCUT2D eigenvalue weighted by Crippen LogP contribution is -2.26. The molecule has 2 aromatic rings. The second-order valence-electron chi connectivity index (χ2n) is 4.74. The van der Waals surface area contributed by atoms with Crippen LogP contribution in [0.3, 0.4) is 0 Å². The molecule has 0 unspecified atom stereocenters. The zero-order chi connectivity index (χ0) is 18.4. The van der Waals surface area contributed by atoms with Crippen molar-refractivity contribution in [3.8, 4) is 0 Å². The van der Waals surface area contributed by atoms with Gasteiger partial charge in [0, 0.05) is 25.6 Å². The first-order valence-electron chi connectivity index (χ1n) is 6.81. The van der Waals surface area contributed by atoms with Gasteiger partial charge in [0.2, 0.25) is 0 Å². The molecule has 130 valence electrons. The fourth-order valence-corrected chi connectivity index (χ4v) is 4.32. The third-order valence-corrected chi connectivity index (χ3v) is 4.65. The van der Waals surface area contributed by atoms with E-state index in [1.54, 1.807) is 12.1 Å². The number of carbonyl (C=O) groups excluding carboxylic acids is 1. The minimum atomic E-state index is -0.479. The zero-order valence-corrected chi connectivity index (χ0v) is 17.3. The van der Waals surface area contributed by atoms with E-state index in [0.29, 0.717) is 5.56 Å². The Morgan fingerprint density at radius 3 is 2.32 bits per heavy atom. The SMILES string of the molecule is O=C(CNc1c(Br)cc(Br)cc1Br)NN=Cc1ccc([N+](=O)[O-])cc1. The van der Waals surface area contributed by atoms with Crippen LogP contribution < -0.4 is 10.7 Å². The van der Waals surface area contributed by atoms with Crippen LogP contribution in [-0.2, 0) is 4.79 Å². The van der Waals surface area contributed by atoms with Gasteiger partial charge in [0.15, 0.2) is 0 Å². The van der Waals surface area contributed by atoms with E-state index in [-0.39, 0.29) is 18.1 Å². The molecule has 0 radical (unpaired) electrons. The molecule has 2 N–H and O–H groups in total. The Morgan fingerprint density at radius 1 is 1.16 bits per heavy atom. The minimum Gasteiger partial charge on any atom is -0.374 e. The Kier molecular flexibility index (Phi) is 7.09. The number of nitrogens with one attached hydrogen (secondary N) is 2. The second-order valence-corrected chi connectivity index (χ2v) is 7.36. The number of rotatable bonds is 6. The highest BCUT2D eigenvalue weighted by atomic mass is 79.9. The summed E-state index contributed by atoms with van der Waals surface area (Å²) in [5.41, 5.74) is 3.76. The highest BCUT2D eigenvalue weighted by Gasteiger charge is 2.08. The zero-order valence-electron chi connectivity index (χ0n) is 12.5. The van der Waals surface area contributed by atoms with E-state index >= 15 is 0 Å². The third-order valence-electron chi connectivity index (χ3n) is 2.94. The van der Waals surface area contributed by atoms with Crippen LogP contribution >= 0.6 is 47.8 Å². The molecule has 0 atom stereocenters. The summed E-state index contributed by atoms with van der Waals surface area (Å²) in [6.07, 6.45) is 1.41. The number of hydrogen-bond donors (Lipinski definition) is 2. The minimum absolute atomic E-state index is 0.00367. The van der Waals surface area contributed by atoms with Gasteiger partial charge in [-0.1, -0.05) is 15.9 Å². The Bertz CT molecular complexity index is 802. The molecule has 0 fully saturated rings. The summed E-state index contributed by atoms with van der Waals surface area (Å²) in [5, 5.41) is 17.4. The average Bonchev–Trinajstić information content (AvgIpc) is 2.54. The van der Waals surface area contributed by atoms with Crippen molar-refractivity contribution in [3.63, 3.8) is 0 Å². The van der Waals surface area contributed by atoms with Crippen LogP contribution in [0.5, 0.6) is 0 Å². The molecule has 0 aliphatic carbocycles. The number of amides is 1. The van der Waals surface area contributed by atoms with Crippen molar-refractivity contribution in [2.24, 2.45) is 5.10 Å². The lowest BCUT2D eigenvalue weighted by molar-refractivity contribution is -0.384. The predicted octanol–water partition coefficient (Wildman–Crippen LogP) is 4.44. The molecule has 0 aliphatic heterocycles. The molecule has 2 aromatic carbocycles. The van der Waals surface area contributed by atoms with Crippen LogP contribution in [0.4, 0.5) is 11.4 Å². The number of hydrogen-bond acceptors (Lipinski definition) is 5. The van der Waals surface area contributed by atoms with Gasteiger partial charge in [-0.25, -0.2) is 5.43 Å². The summed E-state index contributed by atoms with van der Waals surface area (Å²) < 4.78 is 2.50. The number of hydrazone groups is 1. The summed E-state index contributed by atoms with van der Waals surface area (Å²) in [6, 6.07) is 9.54. The maximum absolute atomic E-state index is 11.8. The summed E-state index contributed by atoms with van der Waals surface area (Å²) in [7, 11) is 0. The molecular weight excluding hydrogens is 524 g/mol. The van der Waals surface area contributed by atoms with Crippen molar-refractivity contribution in [2.75, 3.05) is 11.9 Å². The predicted molar refractivity (Wildman–Crippen MR) is 107 cm³/mol. The van der Waals surface area contributed by atoms with Gasteiger partial charge in [-0.15, -0.1) is 0 Å².